The lowest BCUT2D eigenvalue weighted by Crippen LogP contribution is -2.25. The molecule has 182 valence electrons. The van der Waals surface area contributed by atoms with Gasteiger partial charge in [0.2, 0.25) is 0 Å². The van der Waals surface area contributed by atoms with Crippen LogP contribution in [0.1, 0.15) is 35.4 Å². The first-order valence-electron chi connectivity index (χ1n) is 11.9. The summed E-state index contributed by atoms with van der Waals surface area (Å²) in [5.41, 5.74) is 2.77. The van der Waals surface area contributed by atoms with Crippen molar-refractivity contribution in [3.05, 3.63) is 89.2 Å². The van der Waals surface area contributed by atoms with E-state index >= 15 is 0 Å². The third kappa shape index (κ3) is 6.76. The van der Waals surface area contributed by atoms with Crippen molar-refractivity contribution in [2.24, 2.45) is 0 Å². The molecule has 0 unspecified atom stereocenters. The molecule has 3 aromatic carbocycles. The standard InChI is InChI=1S/C28H30ClN3O3/c1-34-23-14-10-21(11-15-23)28(33)30-18-6-9-27-31-25-7-2-3-8-26(25)32(27)19-4-5-20-35-24-16-12-22(29)13-17-24/h2-3,7-8,10-17H,4-6,9,18-20H2,1H3,(H,30,33). The van der Waals surface area contributed by atoms with Crippen LogP contribution in [0.3, 0.4) is 0 Å². The van der Waals surface area contributed by atoms with E-state index < -0.39 is 0 Å². The number of nitrogens with one attached hydrogen (secondary N) is 1. The molecule has 4 aromatic rings. The molecular formula is C28H30ClN3O3. The van der Waals surface area contributed by atoms with Gasteiger partial charge in [-0.15, -0.1) is 0 Å². The van der Waals surface area contributed by atoms with Gasteiger partial charge in [0.1, 0.15) is 17.3 Å². The van der Waals surface area contributed by atoms with Crippen LogP contribution in [0.5, 0.6) is 11.5 Å². The van der Waals surface area contributed by atoms with Crippen molar-refractivity contribution in [3.8, 4) is 11.5 Å². The summed E-state index contributed by atoms with van der Waals surface area (Å²) in [6, 6.07) is 22.8. The average Bonchev–Trinajstić information content (AvgIpc) is 3.24. The third-order valence-corrected chi connectivity index (χ3v) is 6.06. The minimum absolute atomic E-state index is 0.0816. The highest BCUT2D eigenvalue weighted by molar-refractivity contribution is 6.30. The number of rotatable bonds is 12. The Morgan fingerprint density at radius 2 is 1.69 bits per heavy atom. The molecule has 0 radical (unpaired) electrons. The summed E-state index contributed by atoms with van der Waals surface area (Å²) in [5.74, 6) is 2.53. The Bertz CT molecular complexity index is 1240. The molecule has 1 aromatic heterocycles. The first-order chi connectivity index (χ1) is 17.1. The molecule has 1 N–H and O–H groups in total. The molecular weight excluding hydrogens is 462 g/mol. The summed E-state index contributed by atoms with van der Waals surface area (Å²) >= 11 is 5.93. The van der Waals surface area contributed by atoms with Gasteiger partial charge >= 0.3 is 0 Å². The number of ether oxygens (including phenoxy) is 2. The number of imidazole rings is 1. The number of benzene rings is 3. The summed E-state index contributed by atoms with van der Waals surface area (Å²) < 4.78 is 13.3. The minimum Gasteiger partial charge on any atom is -0.497 e. The van der Waals surface area contributed by atoms with Gasteiger partial charge in [-0.25, -0.2) is 4.98 Å². The van der Waals surface area contributed by atoms with Crippen LogP contribution in [0.4, 0.5) is 0 Å². The fourth-order valence-corrected chi connectivity index (χ4v) is 4.08. The second kappa shape index (κ2) is 12.3. The molecule has 0 aliphatic rings. The van der Waals surface area contributed by atoms with Gasteiger partial charge in [0.05, 0.1) is 24.8 Å². The largest absolute Gasteiger partial charge is 0.497 e. The smallest absolute Gasteiger partial charge is 0.251 e. The number of methoxy groups -OCH3 is 1. The van der Waals surface area contributed by atoms with Crippen LogP contribution < -0.4 is 14.8 Å². The number of amides is 1. The monoisotopic (exact) mass is 491 g/mol. The van der Waals surface area contributed by atoms with Gasteiger partial charge in [-0.05, 0) is 79.9 Å². The summed E-state index contributed by atoms with van der Waals surface area (Å²) in [6.45, 7) is 2.11. The number of para-hydroxylation sites is 2. The molecule has 0 atom stereocenters. The van der Waals surface area contributed by atoms with Gasteiger partial charge in [-0.1, -0.05) is 23.7 Å². The molecule has 1 amide bonds. The molecule has 0 aliphatic heterocycles. The number of aromatic nitrogens is 2. The number of nitrogens with zero attached hydrogens (tertiary/aromatic N) is 2. The summed E-state index contributed by atoms with van der Waals surface area (Å²) in [4.78, 5) is 17.2. The first kappa shape index (κ1) is 24.6. The lowest BCUT2D eigenvalue weighted by atomic mass is 10.2. The fourth-order valence-electron chi connectivity index (χ4n) is 3.95. The van der Waals surface area contributed by atoms with Crippen LogP contribution in [-0.2, 0) is 13.0 Å². The Morgan fingerprint density at radius 1 is 0.943 bits per heavy atom. The Kier molecular flexibility index (Phi) is 8.63. The summed E-state index contributed by atoms with van der Waals surface area (Å²) in [6.07, 6.45) is 3.52. The molecule has 1 heterocycles. The van der Waals surface area contributed by atoms with Gasteiger partial charge in [-0.2, -0.15) is 0 Å². The Morgan fingerprint density at radius 3 is 2.46 bits per heavy atom. The maximum atomic E-state index is 12.4. The lowest BCUT2D eigenvalue weighted by molar-refractivity contribution is 0.0953. The molecule has 0 saturated carbocycles. The van der Waals surface area contributed by atoms with E-state index in [1.54, 1.807) is 31.4 Å². The van der Waals surface area contributed by atoms with Crippen LogP contribution in [0.2, 0.25) is 5.02 Å². The number of carbonyl (C=O) groups is 1. The van der Waals surface area contributed by atoms with Gasteiger partial charge in [-0.3, -0.25) is 4.79 Å². The van der Waals surface area contributed by atoms with Crippen LogP contribution in [0.15, 0.2) is 72.8 Å². The SMILES string of the molecule is COc1ccc(C(=O)NCCCc2nc3ccccc3n2CCCCOc2ccc(Cl)cc2)cc1. The van der Waals surface area contributed by atoms with Crippen LogP contribution >= 0.6 is 11.6 Å². The van der Waals surface area contributed by atoms with E-state index in [1.165, 1.54) is 0 Å². The van der Waals surface area contributed by atoms with Crippen LogP contribution in [0.25, 0.3) is 11.0 Å². The molecule has 7 heteroatoms. The topological polar surface area (TPSA) is 65.4 Å². The highest BCUT2D eigenvalue weighted by Gasteiger charge is 2.11. The van der Waals surface area contributed by atoms with Crippen LogP contribution in [-0.4, -0.2) is 35.7 Å². The Balaban J connectivity index is 1.27. The molecule has 0 spiro atoms. The molecule has 6 nitrogen and oxygen atoms in total. The maximum absolute atomic E-state index is 12.4. The molecule has 4 rings (SSSR count). The number of fused-ring (bicyclic) bond motifs is 1. The second-order valence-electron chi connectivity index (χ2n) is 8.27. The summed E-state index contributed by atoms with van der Waals surface area (Å²) in [7, 11) is 1.61. The maximum Gasteiger partial charge on any atom is 0.251 e. The van der Waals surface area contributed by atoms with E-state index in [1.807, 2.05) is 42.5 Å². The predicted molar refractivity (Wildman–Crippen MR) is 140 cm³/mol. The van der Waals surface area contributed by atoms with Crippen molar-refractivity contribution in [1.82, 2.24) is 14.9 Å². The number of unbranched alkanes of at least 4 members (excludes halogenated alkanes) is 1. The first-order valence-corrected chi connectivity index (χ1v) is 12.3. The minimum atomic E-state index is -0.0816. The van der Waals surface area contributed by atoms with Gasteiger partial charge < -0.3 is 19.4 Å². The van der Waals surface area contributed by atoms with E-state index in [2.05, 4.69) is 16.0 Å². The molecule has 35 heavy (non-hydrogen) atoms. The number of aryl methyl sites for hydroxylation is 2. The quantitative estimate of drug-likeness (QED) is 0.250. The predicted octanol–water partition coefficient (Wildman–Crippen LogP) is 5.92. The molecule has 0 aliphatic carbocycles. The van der Waals surface area contributed by atoms with Crippen molar-refractivity contribution in [2.75, 3.05) is 20.3 Å². The Hall–Kier alpha value is -3.51. The number of hydrogen-bond acceptors (Lipinski definition) is 4. The van der Waals surface area contributed by atoms with E-state index in [9.17, 15) is 4.79 Å². The highest BCUT2D eigenvalue weighted by atomic mass is 35.5. The van der Waals surface area contributed by atoms with Crippen molar-refractivity contribution < 1.29 is 14.3 Å². The molecule has 0 bridgehead atoms. The summed E-state index contributed by atoms with van der Waals surface area (Å²) in [5, 5.41) is 3.70. The van der Waals surface area contributed by atoms with Gasteiger partial charge in [0.25, 0.3) is 5.91 Å². The zero-order chi connectivity index (χ0) is 24.5. The van der Waals surface area contributed by atoms with Crippen molar-refractivity contribution in [3.63, 3.8) is 0 Å². The number of hydrogen-bond donors (Lipinski definition) is 1. The zero-order valence-corrected chi connectivity index (χ0v) is 20.6. The van der Waals surface area contributed by atoms with Crippen molar-refractivity contribution in [1.29, 1.82) is 0 Å². The van der Waals surface area contributed by atoms with E-state index in [0.29, 0.717) is 23.7 Å². The number of carbonyl (C=O) groups excluding carboxylic acids is 1. The third-order valence-electron chi connectivity index (χ3n) is 5.81. The highest BCUT2D eigenvalue weighted by Crippen LogP contribution is 2.19. The average molecular weight is 492 g/mol. The van der Waals surface area contributed by atoms with Gasteiger partial charge in [0.15, 0.2) is 0 Å². The fraction of sp³-hybridized carbons (Fsp3) is 0.286. The van der Waals surface area contributed by atoms with Crippen molar-refractivity contribution in [2.45, 2.75) is 32.2 Å². The van der Waals surface area contributed by atoms with E-state index in [0.717, 1.165) is 60.6 Å². The lowest BCUT2D eigenvalue weighted by Gasteiger charge is -2.11. The van der Waals surface area contributed by atoms with E-state index in [-0.39, 0.29) is 5.91 Å². The van der Waals surface area contributed by atoms with Crippen LogP contribution in [0, 0.1) is 0 Å². The van der Waals surface area contributed by atoms with E-state index in [4.69, 9.17) is 26.1 Å². The molecule has 0 fully saturated rings. The Labute approximate surface area is 210 Å². The van der Waals surface area contributed by atoms with Crippen molar-refractivity contribution >= 4 is 28.5 Å². The molecule has 0 saturated heterocycles. The second-order valence-corrected chi connectivity index (χ2v) is 8.70. The number of halogens is 1. The van der Waals surface area contributed by atoms with Gasteiger partial charge in [0, 0.05) is 30.1 Å². The zero-order valence-electron chi connectivity index (χ0n) is 19.9. The normalized spacial score (nSPS) is 10.9.